The zero-order valence-electron chi connectivity index (χ0n) is 16.4. The summed E-state index contributed by atoms with van der Waals surface area (Å²) < 4.78 is 27.7. The van der Waals surface area contributed by atoms with Crippen molar-refractivity contribution in [3.63, 3.8) is 0 Å². The molecular formula is C21H25ClN2O3S. The number of sulfonamides is 1. The van der Waals surface area contributed by atoms with Crippen molar-refractivity contribution >= 4 is 33.2 Å². The number of carbonyl (C=O) groups excluding carboxylic acids is 1. The molecule has 1 aliphatic rings. The smallest absolute Gasteiger partial charge is 0.258 e. The van der Waals surface area contributed by atoms with Gasteiger partial charge >= 0.3 is 0 Å². The molecule has 2 aromatic carbocycles. The van der Waals surface area contributed by atoms with Crippen molar-refractivity contribution < 1.29 is 13.2 Å². The number of piperidine rings is 1. The largest absolute Gasteiger partial charge is 0.311 e. The highest BCUT2D eigenvalue weighted by molar-refractivity contribution is 7.89. The lowest BCUT2D eigenvalue weighted by molar-refractivity contribution is 0.0993. The van der Waals surface area contributed by atoms with Gasteiger partial charge in [-0.15, -0.1) is 0 Å². The van der Waals surface area contributed by atoms with E-state index in [0.29, 0.717) is 19.0 Å². The third-order valence-electron chi connectivity index (χ3n) is 5.14. The van der Waals surface area contributed by atoms with Gasteiger partial charge in [-0.05, 0) is 56.0 Å². The Morgan fingerprint density at radius 1 is 1.18 bits per heavy atom. The highest BCUT2D eigenvalue weighted by Gasteiger charge is 2.31. The van der Waals surface area contributed by atoms with E-state index in [-0.39, 0.29) is 21.4 Å². The van der Waals surface area contributed by atoms with Gasteiger partial charge in [0.1, 0.15) is 4.90 Å². The molecule has 0 saturated carbocycles. The maximum atomic E-state index is 13.1. The third kappa shape index (κ3) is 4.24. The van der Waals surface area contributed by atoms with Crippen LogP contribution in [0.4, 0.5) is 5.69 Å². The molecule has 150 valence electrons. The first-order chi connectivity index (χ1) is 13.2. The summed E-state index contributed by atoms with van der Waals surface area (Å²) in [5.41, 5.74) is 2.12. The first-order valence-corrected chi connectivity index (χ1v) is 11.2. The number of rotatable bonds is 4. The van der Waals surface area contributed by atoms with Crippen LogP contribution >= 0.6 is 11.6 Å². The minimum Gasteiger partial charge on any atom is -0.311 e. The Hall–Kier alpha value is -1.89. The maximum absolute atomic E-state index is 13.1. The van der Waals surface area contributed by atoms with Gasteiger partial charge in [-0.1, -0.05) is 36.2 Å². The lowest BCUT2D eigenvalue weighted by Crippen LogP contribution is -2.39. The minimum atomic E-state index is -3.75. The summed E-state index contributed by atoms with van der Waals surface area (Å²) in [4.78, 5) is 14.4. The Kier molecular flexibility index (Phi) is 6.12. The van der Waals surface area contributed by atoms with Crippen LogP contribution in [0.25, 0.3) is 0 Å². The van der Waals surface area contributed by atoms with E-state index in [9.17, 15) is 13.2 Å². The second-order valence-corrected chi connectivity index (χ2v) is 9.77. The molecule has 0 radical (unpaired) electrons. The molecule has 1 amide bonds. The van der Waals surface area contributed by atoms with Crippen molar-refractivity contribution in [3.8, 4) is 0 Å². The fourth-order valence-corrected chi connectivity index (χ4v) is 5.52. The average Bonchev–Trinajstić information content (AvgIpc) is 2.67. The maximum Gasteiger partial charge on any atom is 0.258 e. The standard InChI is InChI=1S/C21H25ClN2O3S/c1-15-6-9-18(10-7-15)23(3)21(25)17-8-11-19(22)20(13-17)28(26,27)24-12-4-5-16(2)14-24/h6-11,13,16H,4-5,12,14H2,1-3H3. The summed E-state index contributed by atoms with van der Waals surface area (Å²) in [5, 5.41) is 0.132. The molecule has 1 fully saturated rings. The van der Waals surface area contributed by atoms with Crippen molar-refractivity contribution in [2.24, 2.45) is 5.92 Å². The van der Waals surface area contributed by atoms with Crippen molar-refractivity contribution in [1.82, 2.24) is 4.31 Å². The Labute approximate surface area is 172 Å². The van der Waals surface area contributed by atoms with Gasteiger partial charge in [-0.25, -0.2) is 8.42 Å². The SMILES string of the molecule is Cc1ccc(N(C)C(=O)c2ccc(Cl)c(S(=O)(=O)N3CCCC(C)C3)c2)cc1. The minimum absolute atomic E-state index is 0.00794. The van der Waals surface area contributed by atoms with E-state index in [1.807, 2.05) is 38.1 Å². The van der Waals surface area contributed by atoms with Crippen LogP contribution in [0.2, 0.25) is 5.02 Å². The second-order valence-electron chi connectivity index (χ2n) is 7.46. The van der Waals surface area contributed by atoms with Crippen LogP contribution in [0.1, 0.15) is 35.7 Å². The van der Waals surface area contributed by atoms with Crippen molar-refractivity contribution in [2.45, 2.75) is 31.6 Å². The zero-order chi connectivity index (χ0) is 20.5. The molecule has 1 atom stereocenters. The van der Waals surface area contributed by atoms with Crippen LogP contribution in [-0.2, 0) is 10.0 Å². The number of benzene rings is 2. The van der Waals surface area contributed by atoms with Crippen LogP contribution in [0.5, 0.6) is 0 Å². The predicted molar refractivity (Wildman–Crippen MR) is 113 cm³/mol. The first-order valence-electron chi connectivity index (χ1n) is 9.34. The summed E-state index contributed by atoms with van der Waals surface area (Å²) in [7, 11) is -2.08. The molecule has 1 saturated heterocycles. The molecule has 5 nitrogen and oxygen atoms in total. The molecule has 1 heterocycles. The fraction of sp³-hybridized carbons (Fsp3) is 0.381. The van der Waals surface area contributed by atoms with Gasteiger partial charge in [-0.3, -0.25) is 4.79 Å². The van der Waals surface area contributed by atoms with Crippen molar-refractivity contribution in [1.29, 1.82) is 0 Å². The molecule has 0 bridgehead atoms. The van der Waals surface area contributed by atoms with Crippen LogP contribution < -0.4 is 4.90 Å². The number of halogens is 1. The summed E-state index contributed by atoms with van der Waals surface area (Å²) in [5.74, 6) is 0.0174. The topological polar surface area (TPSA) is 57.7 Å². The molecule has 0 aliphatic carbocycles. The van der Waals surface area contributed by atoms with Gasteiger partial charge in [0.25, 0.3) is 5.91 Å². The third-order valence-corrected chi connectivity index (χ3v) is 7.49. The number of aryl methyl sites for hydroxylation is 1. The Morgan fingerprint density at radius 2 is 1.86 bits per heavy atom. The van der Waals surface area contributed by atoms with Crippen LogP contribution in [0.3, 0.4) is 0 Å². The number of nitrogens with zero attached hydrogens (tertiary/aromatic N) is 2. The number of hydrogen-bond acceptors (Lipinski definition) is 3. The first kappa shape index (κ1) is 20.8. The molecular weight excluding hydrogens is 396 g/mol. The Morgan fingerprint density at radius 3 is 2.50 bits per heavy atom. The van der Waals surface area contributed by atoms with E-state index in [2.05, 4.69) is 0 Å². The van der Waals surface area contributed by atoms with Crippen molar-refractivity contribution in [3.05, 3.63) is 58.6 Å². The van der Waals surface area contributed by atoms with Gasteiger partial charge in [0.2, 0.25) is 10.0 Å². The van der Waals surface area contributed by atoms with Crippen molar-refractivity contribution in [2.75, 3.05) is 25.0 Å². The molecule has 1 unspecified atom stereocenters. The highest BCUT2D eigenvalue weighted by atomic mass is 35.5. The Balaban J connectivity index is 1.92. The molecule has 1 aliphatic heterocycles. The van der Waals surface area contributed by atoms with Gasteiger partial charge in [0.15, 0.2) is 0 Å². The molecule has 7 heteroatoms. The van der Waals surface area contributed by atoms with Gasteiger partial charge < -0.3 is 4.90 Å². The molecule has 0 aromatic heterocycles. The van der Waals surface area contributed by atoms with Crippen LogP contribution in [0, 0.1) is 12.8 Å². The normalized spacial score (nSPS) is 18.1. The number of anilines is 1. The second kappa shape index (κ2) is 8.23. The molecule has 28 heavy (non-hydrogen) atoms. The summed E-state index contributed by atoms with van der Waals surface area (Å²) in [6, 6.07) is 12.0. The summed E-state index contributed by atoms with van der Waals surface area (Å²) >= 11 is 6.22. The highest BCUT2D eigenvalue weighted by Crippen LogP contribution is 2.29. The number of hydrogen-bond donors (Lipinski definition) is 0. The van der Waals surface area contributed by atoms with E-state index in [0.717, 1.165) is 24.1 Å². The zero-order valence-corrected chi connectivity index (χ0v) is 17.9. The molecule has 3 rings (SSSR count). The quantitative estimate of drug-likeness (QED) is 0.738. The van der Waals surface area contributed by atoms with Crippen LogP contribution in [-0.4, -0.2) is 38.8 Å². The summed E-state index contributed by atoms with van der Waals surface area (Å²) in [6.45, 7) is 4.97. The molecule has 0 N–H and O–H groups in total. The lowest BCUT2D eigenvalue weighted by atomic mass is 10.0. The van der Waals surface area contributed by atoms with Gasteiger partial charge in [-0.2, -0.15) is 4.31 Å². The number of carbonyl (C=O) groups is 1. The van der Waals surface area contributed by atoms with E-state index in [1.54, 1.807) is 13.1 Å². The summed E-state index contributed by atoms with van der Waals surface area (Å²) in [6.07, 6.45) is 1.84. The monoisotopic (exact) mass is 420 g/mol. The Bertz CT molecular complexity index is 974. The predicted octanol–water partition coefficient (Wildman–Crippen LogP) is 4.35. The molecule has 2 aromatic rings. The fourth-order valence-electron chi connectivity index (χ4n) is 3.42. The van der Waals surface area contributed by atoms with E-state index < -0.39 is 10.0 Å². The van der Waals surface area contributed by atoms with Gasteiger partial charge in [0.05, 0.1) is 5.02 Å². The van der Waals surface area contributed by atoms with E-state index in [4.69, 9.17) is 11.6 Å². The van der Waals surface area contributed by atoms with Crippen LogP contribution in [0.15, 0.2) is 47.4 Å². The average molecular weight is 421 g/mol. The van der Waals surface area contributed by atoms with Gasteiger partial charge in [0, 0.05) is 31.4 Å². The van der Waals surface area contributed by atoms with E-state index >= 15 is 0 Å². The number of amides is 1. The molecule has 0 spiro atoms. The lowest BCUT2D eigenvalue weighted by Gasteiger charge is -2.30. The van der Waals surface area contributed by atoms with E-state index in [1.165, 1.54) is 21.3 Å².